The normalized spacial score (nSPS) is 16.4. The van der Waals surface area contributed by atoms with Crippen LogP contribution >= 0.6 is 23.2 Å². The molecule has 34 heavy (non-hydrogen) atoms. The van der Waals surface area contributed by atoms with E-state index in [9.17, 15) is 19.2 Å². The Balaban J connectivity index is 1.75. The fraction of sp³-hybridized carbons (Fsp3) is 0.304. The summed E-state index contributed by atoms with van der Waals surface area (Å²) in [4.78, 5) is 53.5. The summed E-state index contributed by atoms with van der Waals surface area (Å²) in [7, 11) is 0. The molecule has 3 amide bonds. The number of esters is 1. The van der Waals surface area contributed by atoms with E-state index in [1.807, 2.05) is 6.92 Å². The molecule has 0 saturated carbocycles. The minimum Gasteiger partial charge on any atom is -0.465 e. The minimum absolute atomic E-state index is 0.0817. The number of anilines is 1. The van der Waals surface area contributed by atoms with Crippen molar-refractivity contribution in [2.45, 2.75) is 26.9 Å². The lowest BCUT2D eigenvalue weighted by Crippen LogP contribution is -2.58. The summed E-state index contributed by atoms with van der Waals surface area (Å²) in [5.74, 6) is -3.19. The van der Waals surface area contributed by atoms with Crippen molar-refractivity contribution in [1.82, 2.24) is 9.47 Å². The number of halogens is 2. The molecule has 0 radical (unpaired) electrons. The summed E-state index contributed by atoms with van der Waals surface area (Å²) in [5, 5.41) is 0.481. The van der Waals surface area contributed by atoms with Crippen LogP contribution in [0.3, 0.4) is 0 Å². The van der Waals surface area contributed by atoms with Gasteiger partial charge in [0.1, 0.15) is 0 Å². The maximum absolute atomic E-state index is 13.4. The van der Waals surface area contributed by atoms with Crippen LogP contribution in [0.5, 0.6) is 0 Å². The van der Waals surface area contributed by atoms with Crippen molar-refractivity contribution in [2.24, 2.45) is 5.92 Å². The summed E-state index contributed by atoms with van der Waals surface area (Å²) >= 11 is 12.4. The maximum Gasteiger partial charge on any atom is 0.419 e. The Morgan fingerprint density at radius 1 is 1.15 bits per heavy atom. The molecule has 0 aliphatic carbocycles. The summed E-state index contributed by atoms with van der Waals surface area (Å²) in [5.41, 5.74) is 1.66. The smallest absolute Gasteiger partial charge is 0.419 e. The summed E-state index contributed by atoms with van der Waals surface area (Å²) in [6.45, 7) is 3.53. The maximum atomic E-state index is 13.4. The Morgan fingerprint density at radius 3 is 2.62 bits per heavy atom. The van der Waals surface area contributed by atoms with E-state index in [4.69, 9.17) is 32.4 Å². The molecule has 1 unspecified atom stereocenters. The van der Waals surface area contributed by atoms with Crippen LogP contribution < -0.4 is 10.7 Å². The fourth-order valence-corrected chi connectivity index (χ4v) is 4.29. The predicted molar refractivity (Wildman–Crippen MR) is 126 cm³/mol. The van der Waals surface area contributed by atoms with Crippen molar-refractivity contribution in [3.63, 3.8) is 0 Å². The number of aromatic nitrogens is 1. The number of hydrogen-bond donors (Lipinski definition) is 0. The van der Waals surface area contributed by atoms with Gasteiger partial charge in [0.2, 0.25) is 5.91 Å². The molecular formula is C23H21Cl2N3O6. The number of urea groups is 1. The van der Waals surface area contributed by atoms with Gasteiger partial charge >= 0.3 is 17.8 Å². The van der Waals surface area contributed by atoms with Gasteiger partial charge < -0.3 is 9.15 Å². The Morgan fingerprint density at radius 2 is 1.91 bits per heavy atom. The van der Waals surface area contributed by atoms with E-state index in [-0.39, 0.29) is 35.3 Å². The van der Waals surface area contributed by atoms with Crippen molar-refractivity contribution < 1.29 is 23.5 Å². The van der Waals surface area contributed by atoms with Crippen LogP contribution in [0.1, 0.15) is 19.4 Å². The minimum atomic E-state index is -1.24. The van der Waals surface area contributed by atoms with Gasteiger partial charge in [-0.2, -0.15) is 0 Å². The number of imide groups is 1. The Labute approximate surface area is 204 Å². The van der Waals surface area contributed by atoms with Crippen LogP contribution in [-0.4, -0.2) is 40.5 Å². The molecule has 0 bridgehead atoms. The van der Waals surface area contributed by atoms with Gasteiger partial charge in [-0.3, -0.25) is 24.0 Å². The van der Waals surface area contributed by atoms with E-state index >= 15 is 0 Å². The SMILES string of the molecule is CCOC(=O)C1CN(c2ccc3c(c2)oc(=O)n3CC)C(=O)N(Cc2cccc(Cl)c2Cl)C1=O. The molecule has 1 aliphatic rings. The number of oxazole rings is 1. The number of fused-ring (bicyclic) bond motifs is 1. The Bertz CT molecular complexity index is 1350. The zero-order chi connectivity index (χ0) is 24.6. The molecule has 9 nitrogen and oxygen atoms in total. The molecule has 3 aromatic rings. The lowest BCUT2D eigenvalue weighted by atomic mass is 10.0. The molecule has 0 spiro atoms. The van der Waals surface area contributed by atoms with Gasteiger partial charge in [-0.15, -0.1) is 0 Å². The highest BCUT2D eigenvalue weighted by Crippen LogP contribution is 2.31. The third kappa shape index (κ3) is 4.17. The Kier molecular flexibility index (Phi) is 6.67. The van der Waals surface area contributed by atoms with Crippen LogP contribution in [0.4, 0.5) is 10.5 Å². The second kappa shape index (κ2) is 9.52. The second-order valence-electron chi connectivity index (χ2n) is 7.60. The molecule has 0 N–H and O–H groups in total. The van der Waals surface area contributed by atoms with Gasteiger partial charge in [0.15, 0.2) is 11.5 Å². The largest absolute Gasteiger partial charge is 0.465 e. The van der Waals surface area contributed by atoms with Crippen molar-refractivity contribution in [1.29, 1.82) is 0 Å². The highest BCUT2D eigenvalue weighted by atomic mass is 35.5. The zero-order valence-electron chi connectivity index (χ0n) is 18.4. The van der Waals surface area contributed by atoms with Crippen molar-refractivity contribution in [2.75, 3.05) is 18.1 Å². The van der Waals surface area contributed by atoms with E-state index in [1.165, 1.54) is 15.5 Å². The number of amides is 3. The lowest BCUT2D eigenvalue weighted by molar-refractivity contribution is -0.154. The van der Waals surface area contributed by atoms with Crippen LogP contribution in [0.2, 0.25) is 10.0 Å². The molecular weight excluding hydrogens is 485 g/mol. The van der Waals surface area contributed by atoms with E-state index in [0.29, 0.717) is 23.3 Å². The van der Waals surface area contributed by atoms with E-state index in [0.717, 1.165) is 4.90 Å². The van der Waals surface area contributed by atoms with Gasteiger partial charge in [0.25, 0.3) is 0 Å². The lowest BCUT2D eigenvalue weighted by Gasteiger charge is -2.37. The van der Waals surface area contributed by atoms with Crippen LogP contribution in [0, 0.1) is 5.92 Å². The molecule has 178 valence electrons. The first-order valence-corrected chi connectivity index (χ1v) is 11.4. The zero-order valence-corrected chi connectivity index (χ0v) is 19.9. The molecule has 2 aromatic carbocycles. The van der Waals surface area contributed by atoms with Crippen LogP contribution in [0.25, 0.3) is 11.1 Å². The first-order valence-electron chi connectivity index (χ1n) is 10.6. The van der Waals surface area contributed by atoms with Gasteiger partial charge in [0.05, 0.1) is 35.3 Å². The third-order valence-corrected chi connectivity index (χ3v) is 6.46. The molecule has 1 aliphatic heterocycles. The quantitative estimate of drug-likeness (QED) is 0.369. The predicted octanol–water partition coefficient (Wildman–Crippen LogP) is 4.07. The highest BCUT2D eigenvalue weighted by Gasteiger charge is 2.44. The molecule has 1 saturated heterocycles. The number of hydrogen-bond acceptors (Lipinski definition) is 6. The molecule has 1 atom stereocenters. The number of rotatable bonds is 6. The van der Waals surface area contributed by atoms with Crippen LogP contribution in [0.15, 0.2) is 45.6 Å². The van der Waals surface area contributed by atoms with E-state index < -0.39 is 29.6 Å². The number of carbonyl (C=O) groups is 3. The average molecular weight is 506 g/mol. The number of aryl methyl sites for hydroxylation is 1. The third-order valence-electron chi connectivity index (χ3n) is 5.60. The average Bonchev–Trinajstić information content (AvgIpc) is 3.13. The number of ether oxygens (including phenoxy) is 1. The summed E-state index contributed by atoms with van der Waals surface area (Å²) in [6, 6.07) is 9.04. The van der Waals surface area contributed by atoms with Crippen LogP contribution in [-0.2, 0) is 27.4 Å². The fourth-order valence-electron chi connectivity index (χ4n) is 3.91. The monoisotopic (exact) mass is 505 g/mol. The Hall–Kier alpha value is -3.30. The number of carbonyl (C=O) groups excluding carboxylic acids is 3. The van der Waals surface area contributed by atoms with Gasteiger partial charge in [-0.05, 0) is 37.6 Å². The first kappa shape index (κ1) is 23.8. The van der Waals surface area contributed by atoms with Crippen molar-refractivity contribution in [3.8, 4) is 0 Å². The second-order valence-corrected chi connectivity index (χ2v) is 8.38. The summed E-state index contributed by atoms with van der Waals surface area (Å²) < 4.78 is 11.8. The summed E-state index contributed by atoms with van der Waals surface area (Å²) in [6.07, 6.45) is 0. The van der Waals surface area contributed by atoms with E-state index in [1.54, 1.807) is 37.3 Å². The standard InChI is InChI=1S/C23H21Cl2N3O6/c1-3-26-17-9-8-14(10-18(17)34-23(26)32)27-12-15(21(30)33-4-2)20(29)28(22(27)31)11-13-6-5-7-16(24)19(13)25/h5-10,15H,3-4,11-12H2,1-2H3. The molecule has 4 rings (SSSR count). The van der Waals surface area contributed by atoms with E-state index in [2.05, 4.69) is 0 Å². The molecule has 11 heteroatoms. The van der Waals surface area contributed by atoms with Gasteiger partial charge in [-0.25, -0.2) is 9.59 Å². The molecule has 1 fully saturated rings. The topological polar surface area (TPSA) is 102 Å². The first-order chi connectivity index (χ1) is 16.3. The van der Waals surface area contributed by atoms with Crippen molar-refractivity contribution >= 4 is 57.9 Å². The number of benzene rings is 2. The molecule has 2 heterocycles. The molecule has 1 aromatic heterocycles. The highest BCUT2D eigenvalue weighted by molar-refractivity contribution is 6.42. The van der Waals surface area contributed by atoms with Gasteiger partial charge in [0, 0.05) is 18.3 Å². The van der Waals surface area contributed by atoms with Gasteiger partial charge in [-0.1, -0.05) is 35.3 Å². The number of nitrogens with zero attached hydrogens (tertiary/aromatic N) is 3. The van der Waals surface area contributed by atoms with Crippen molar-refractivity contribution in [3.05, 3.63) is 62.6 Å².